The average molecular weight is 280 g/mol. The van der Waals surface area contributed by atoms with Crippen molar-refractivity contribution < 1.29 is 0 Å². The summed E-state index contributed by atoms with van der Waals surface area (Å²) in [6.45, 7) is 8.28. The van der Waals surface area contributed by atoms with Crippen molar-refractivity contribution in [1.29, 1.82) is 0 Å². The fourth-order valence-electron chi connectivity index (χ4n) is 2.08. The quantitative estimate of drug-likeness (QED) is 0.506. The summed E-state index contributed by atoms with van der Waals surface area (Å²) in [7, 11) is 0. The molecule has 0 aromatic heterocycles. The van der Waals surface area contributed by atoms with E-state index in [1.54, 1.807) is 0 Å². The summed E-state index contributed by atoms with van der Waals surface area (Å²) in [6.07, 6.45) is 15.1. The van der Waals surface area contributed by atoms with E-state index in [1.807, 2.05) is 6.20 Å². The molecule has 20 heavy (non-hydrogen) atoms. The van der Waals surface area contributed by atoms with Gasteiger partial charge in [0.25, 0.3) is 0 Å². The number of rotatable bonds is 0. The lowest BCUT2D eigenvalue weighted by molar-refractivity contribution is 0.857. The van der Waals surface area contributed by atoms with Crippen LogP contribution in [0.1, 0.15) is 32.1 Å². The molecule has 0 aromatic rings. The smallest absolute Gasteiger partial charge is 0.0176 e. The Morgan fingerprint density at radius 3 is 1.25 bits per heavy atom. The van der Waals surface area contributed by atoms with Crippen molar-refractivity contribution in [2.45, 2.75) is 32.1 Å². The molecular formula is C16H32N4. The zero-order valence-electron chi connectivity index (χ0n) is 12.8. The van der Waals surface area contributed by atoms with Crippen molar-refractivity contribution in [1.82, 2.24) is 21.3 Å². The van der Waals surface area contributed by atoms with Crippen molar-refractivity contribution in [2.75, 3.05) is 45.8 Å². The van der Waals surface area contributed by atoms with Gasteiger partial charge in [-0.1, -0.05) is 18.2 Å². The molecule has 4 aliphatic heterocycles. The molecule has 2 saturated heterocycles. The third-order valence-corrected chi connectivity index (χ3v) is 3.30. The summed E-state index contributed by atoms with van der Waals surface area (Å²) in [5, 5.41) is 12.6. The Morgan fingerprint density at radius 2 is 1.10 bits per heavy atom. The van der Waals surface area contributed by atoms with Gasteiger partial charge in [-0.25, -0.2) is 0 Å². The molecule has 2 fully saturated rings. The predicted octanol–water partition coefficient (Wildman–Crippen LogP) is 1.38. The number of hydrogen-bond acceptors (Lipinski definition) is 4. The summed E-state index contributed by atoms with van der Waals surface area (Å²) >= 11 is 0. The molecule has 4 aliphatic rings. The minimum atomic E-state index is 1.07. The maximum absolute atomic E-state index is 3.22. The highest BCUT2D eigenvalue weighted by atomic mass is 14.9. The van der Waals surface area contributed by atoms with Gasteiger partial charge < -0.3 is 21.3 Å². The fourth-order valence-corrected chi connectivity index (χ4v) is 2.08. The van der Waals surface area contributed by atoms with E-state index in [4.69, 9.17) is 0 Å². The van der Waals surface area contributed by atoms with Gasteiger partial charge in [0.15, 0.2) is 0 Å². The molecule has 116 valence electrons. The van der Waals surface area contributed by atoms with E-state index in [2.05, 4.69) is 39.5 Å². The van der Waals surface area contributed by atoms with Gasteiger partial charge in [-0.05, 0) is 64.5 Å². The van der Waals surface area contributed by atoms with E-state index >= 15 is 0 Å². The molecule has 0 aromatic carbocycles. The normalized spacial score (nSPS) is 22.0. The predicted molar refractivity (Wildman–Crippen MR) is 88.0 cm³/mol. The molecule has 0 amide bonds. The summed E-state index contributed by atoms with van der Waals surface area (Å²) in [5.41, 5.74) is 0. The second kappa shape index (κ2) is 14.6. The SMILES string of the molecule is C1=CCNC1.C1=CNCC1.C1CCNC1.C1CCNC1. The van der Waals surface area contributed by atoms with Crippen LogP contribution in [0.5, 0.6) is 0 Å². The van der Waals surface area contributed by atoms with Gasteiger partial charge in [0.05, 0.1) is 0 Å². The molecule has 4 rings (SSSR count). The van der Waals surface area contributed by atoms with Crippen molar-refractivity contribution in [2.24, 2.45) is 0 Å². The van der Waals surface area contributed by atoms with Crippen LogP contribution in [0.15, 0.2) is 24.4 Å². The van der Waals surface area contributed by atoms with Crippen LogP contribution in [0.2, 0.25) is 0 Å². The highest BCUT2D eigenvalue weighted by Gasteiger charge is 1.93. The van der Waals surface area contributed by atoms with Crippen LogP contribution in [0.25, 0.3) is 0 Å². The van der Waals surface area contributed by atoms with Crippen LogP contribution in [0, 0.1) is 0 Å². The fraction of sp³-hybridized carbons (Fsp3) is 0.750. The van der Waals surface area contributed by atoms with Crippen molar-refractivity contribution >= 4 is 0 Å². The van der Waals surface area contributed by atoms with Gasteiger partial charge in [-0.2, -0.15) is 0 Å². The topological polar surface area (TPSA) is 48.1 Å². The lowest BCUT2D eigenvalue weighted by Crippen LogP contribution is -2.04. The van der Waals surface area contributed by atoms with Crippen LogP contribution < -0.4 is 21.3 Å². The standard InChI is InChI=1S/2C4H9N.2C4H7N/c4*1-2-4-5-3-1/h2*5H,1-4H2;1,3,5H,2,4H2;1-2,5H,3-4H2. The maximum Gasteiger partial charge on any atom is 0.0176 e. The maximum atomic E-state index is 3.22. The van der Waals surface area contributed by atoms with E-state index in [0.717, 1.165) is 19.6 Å². The summed E-state index contributed by atoms with van der Waals surface area (Å²) in [4.78, 5) is 0. The van der Waals surface area contributed by atoms with Crippen LogP contribution in [0.4, 0.5) is 0 Å². The molecule has 0 spiro atoms. The van der Waals surface area contributed by atoms with E-state index in [-0.39, 0.29) is 0 Å². The molecule has 4 N–H and O–H groups in total. The summed E-state index contributed by atoms with van der Waals surface area (Å²) in [5.74, 6) is 0. The Balaban J connectivity index is 0.000000133. The van der Waals surface area contributed by atoms with Gasteiger partial charge in [0, 0.05) is 19.6 Å². The number of nitrogens with one attached hydrogen (secondary N) is 4. The van der Waals surface area contributed by atoms with Crippen LogP contribution in [-0.2, 0) is 0 Å². The number of hydrogen-bond donors (Lipinski definition) is 4. The zero-order chi connectivity index (χ0) is 14.1. The molecule has 0 radical (unpaired) electrons. The molecule has 0 saturated carbocycles. The molecule has 0 unspecified atom stereocenters. The van der Waals surface area contributed by atoms with Gasteiger partial charge in [0.2, 0.25) is 0 Å². The first-order valence-electron chi connectivity index (χ1n) is 8.15. The van der Waals surface area contributed by atoms with E-state index in [9.17, 15) is 0 Å². The lowest BCUT2D eigenvalue weighted by atomic mass is 10.4. The van der Waals surface area contributed by atoms with Crippen molar-refractivity contribution in [3.8, 4) is 0 Å². The molecule has 0 atom stereocenters. The third kappa shape index (κ3) is 12.2. The monoisotopic (exact) mass is 280 g/mol. The van der Waals surface area contributed by atoms with Crippen molar-refractivity contribution in [3.05, 3.63) is 24.4 Å². The van der Waals surface area contributed by atoms with Crippen LogP contribution in [-0.4, -0.2) is 45.8 Å². The van der Waals surface area contributed by atoms with E-state index < -0.39 is 0 Å². The molecule has 4 heteroatoms. The van der Waals surface area contributed by atoms with Crippen molar-refractivity contribution in [3.63, 3.8) is 0 Å². The first-order chi connectivity index (χ1) is 10.0. The minimum Gasteiger partial charge on any atom is -0.391 e. The largest absolute Gasteiger partial charge is 0.391 e. The second-order valence-corrected chi connectivity index (χ2v) is 5.19. The third-order valence-electron chi connectivity index (χ3n) is 3.30. The minimum absolute atomic E-state index is 1.07. The molecular weight excluding hydrogens is 248 g/mol. The highest BCUT2D eigenvalue weighted by molar-refractivity contribution is 4.92. The highest BCUT2D eigenvalue weighted by Crippen LogP contribution is 1.90. The van der Waals surface area contributed by atoms with Gasteiger partial charge in [-0.15, -0.1) is 0 Å². The van der Waals surface area contributed by atoms with E-state index in [1.165, 1.54) is 58.3 Å². The average Bonchev–Trinajstić information content (AvgIpc) is 3.40. The molecule has 0 bridgehead atoms. The van der Waals surface area contributed by atoms with Crippen LogP contribution >= 0.6 is 0 Å². The summed E-state index contributed by atoms with van der Waals surface area (Å²) < 4.78 is 0. The Labute approximate surface area is 124 Å². The first kappa shape index (κ1) is 17.2. The summed E-state index contributed by atoms with van der Waals surface area (Å²) in [6, 6.07) is 0. The Bertz CT molecular complexity index is 190. The Kier molecular flexibility index (Phi) is 12.5. The second-order valence-electron chi connectivity index (χ2n) is 5.19. The van der Waals surface area contributed by atoms with Gasteiger partial charge in [0.1, 0.15) is 0 Å². The van der Waals surface area contributed by atoms with E-state index in [0.29, 0.717) is 0 Å². The zero-order valence-corrected chi connectivity index (χ0v) is 12.8. The molecule has 4 nitrogen and oxygen atoms in total. The van der Waals surface area contributed by atoms with Gasteiger partial charge >= 0.3 is 0 Å². The first-order valence-corrected chi connectivity index (χ1v) is 8.15. The molecule has 0 aliphatic carbocycles. The van der Waals surface area contributed by atoms with Crippen LogP contribution in [0.3, 0.4) is 0 Å². The Hall–Kier alpha value is -0.840. The Morgan fingerprint density at radius 1 is 0.550 bits per heavy atom. The lowest BCUT2D eigenvalue weighted by Gasteiger charge is -1.78. The molecule has 4 heterocycles. The van der Waals surface area contributed by atoms with Gasteiger partial charge in [-0.3, -0.25) is 0 Å².